The second-order valence-corrected chi connectivity index (χ2v) is 0.750. The molecule has 0 fully saturated rings. The van der Waals surface area contributed by atoms with Crippen LogP contribution in [0, 0.1) is 0 Å². The summed E-state index contributed by atoms with van der Waals surface area (Å²) in [6.07, 6.45) is 0. The second kappa shape index (κ2) is 95.2. The molecular weight excluding hydrogens is 264 g/mol. The van der Waals surface area contributed by atoms with Crippen LogP contribution in [0.1, 0.15) is 0 Å². The zero-order valence-corrected chi connectivity index (χ0v) is 17.4. The monoisotopic (exact) mass is 270 g/mol. The van der Waals surface area contributed by atoms with Gasteiger partial charge in [0.05, 0.1) is 0 Å². The first-order valence-corrected chi connectivity index (χ1v) is 2.24. The molecule has 0 heterocycles. The molecule has 0 radical (unpaired) electrons. The summed E-state index contributed by atoms with van der Waals surface area (Å²) in [5.41, 5.74) is 0. The molecular formula is H6Na4O9Si. The minimum Gasteiger partial charge on any atom is -0.870 e. The molecule has 0 spiro atoms. The van der Waals surface area contributed by atoms with E-state index in [1.807, 2.05) is 0 Å². The van der Waals surface area contributed by atoms with Gasteiger partial charge in [0, 0.05) is 9.17 Å². The van der Waals surface area contributed by atoms with Gasteiger partial charge in [-0.15, -0.1) is 0 Å². The molecule has 0 amide bonds. The van der Waals surface area contributed by atoms with E-state index < -0.39 is 9.17 Å². The first kappa shape index (κ1) is 66.4. The normalized spacial score (nSPS) is 2.57. The van der Waals surface area contributed by atoms with Gasteiger partial charge in [0.1, 0.15) is 0 Å². The Hall–Kier alpha value is 3.38. The summed E-state index contributed by atoms with van der Waals surface area (Å²) in [6.45, 7) is 0. The van der Waals surface area contributed by atoms with Gasteiger partial charge in [-0.25, -0.2) is 0 Å². The van der Waals surface area contributed by atoms with Crippen LogP contribution in [0.2, 0.25) is 0 Å². The third-order valence-electron chi connectivity index (χ3n) is 0. The van der Waals surface area contributed by atoms with Crippen LogP contribution in [0.25, 0.3) is 0 Å². The minimum atomic E-state index is -3.63. The molecule has 0 saturated heterocycles. The molecule has 0 aliphatic heterocycles. The van der Waals surface area contributed by atoms with Crippen molar-refractivity contribution < 1.29 is 164 Å². The van der Waals surface area contributed by atoms with Crippen LogP contribution in [0.4, 0.5) is 0 Å². The molecule has 9 nitrogen and oxygen atoms in total. The molecule has 0 aromatic heterocycles. The van der Waals surface area contributed by atoms with E-state index in [1.165, 1.54) is 0 Å². The van der Waals surface area contributed by atoms with Gasteiger partial charge in [-0.1, -0.05) is 0 Å². The number of rotatable bonds is 0. The van der Waals surface area contributed by atoms with E-state index in [9.17, 15) is 0 Å². The van der Waals surface area contributed by atoms with Gasteiger partial charge in [0.2, 0.25) is 0 Å². The summed E-state index contributed by atoms with van der Waals surface area (Å²) in [4.78, 5) is 17.0. The van der Waals surface area contributed by atoms with Crippen LogP contribution in [0.15, 0.2) is 0 Å². The zero-order valence-electron chi connectivity index (χ0n) is 8.41. The van der Waals surface area contributed by atoms with E-state index in [0.29, 0.717) is 0 Å². The molecule has 0 aliphatic rings. The molecule has 0 aromatic rings. The molecule has 14 heteroatoms. The van der Waals surface area contributed by atoms with Gasteiger partial charge < -0.3 is 25.0 Å². The van der Waals surface area contributed by atoms with Gasteiger partial charge in [0.25, 0.3) is 0 Å². The van der Waals surface area contributed by atoms with Crippen LogP contribution in [-0.2, 0) is 4.46 Å². The molecule has 6 N–H and O–H groups in total. The first-order valence-electron chi connectivity index (χ1n) is 1.01. The Morgan fingerprint density at radius 1 is 0.714 bits per heavy atom. The Balaban J connectivity index is -0.00000000333. The van der Waals surface area contributed by atoms with Gasteiger partial charge in [-0.05, 0) is 0 Å². The molecule has 68 valence electrons. The van der Waals surface area contributed by atoms with Crippen molar-refractivity contribution in [2.45, 2.75) is 0 Å². The third kappa shape index (κ3) is 279. The topological polar surface area (TPSA) is 204 Å². The maximum absolute atomic E-state index is 8.52. The van der Waals surface area contributed by atoms with Crippen LogP contribution in [0.5, 0.6) is 0 Å². The summed E-state index contributed by atoms with van der Waals surface area (Å²) >= 11 is 0. The molecule has 0 saturated carbocycles. The quantitative estimate of drug-likeness (QED) is 0.187. The van der Waals surface area contributed by atoms with Crippen molar-refractivity contribution in [2.24, 2.45) is 0 Å². The Kier molecular flexibility index (Phi) is 452. The smallest absolute Gasteiger partial charge is 0.870 e. The standard InChI is InChI=1S/4Na.O3Si.2H2O2.2H2O/c;;;;1-4(2)3;2*1-2;;/h;;;;;2*1-2H;2*1H2/q4*+1;-2;;;;/p-2. The van der Waals surface area contributed by atoms with Crippen LogP contribution in [-0.4, -0.2) is 41.2 Å². The van der Waals surface area contributed by atoms with Crippen molar-refractivity contribution in [1.29, 1.82) is 0 Å². The average molecular weight is 270 g/mol. The van der Waals surface area contributed by atoms with Crippen LogP contribution < -0.4 is 128 Å². The van der Waals surface area contributed by atoms with E-state index in [-0.39, 0.29) is 129 Å². The Labute approximate surface area is 170 Å². The van der Waals surface area contributed by atoms with Gasteiger partial charge in [-0.3, -0.25) is 21.0 Å². The van der Waals surface area contributed by atoms with Crippen molar-refractivity contribution in [1.82, 2.24) is 0 Å². The average Bonchev–Trinajstić information content (AvgIpc) is 1.75. The molecule has 0 bridgehead atoms. The fraction of sp³-hybridized carbons (Fsp3) is 0. The van der Waals surface area contributed by atoms with Gasteiger partial charge >= 0.3 is 118 Å². The Morgan fingerprint density at radius 3 is 0.714 bits per heavy atom. The van der Waals surface area contributed by atoms with E-state index in [2.05, 4.69) is 0 Å². The molecule has 14 heavy (non-hydrogen) atoms. The predicted molar refractivity (Wildman–Crippen MR) is 20.8 cm³/mol. The summed E-state index contributed by atoms with van der Waals surface area (Å²) in [5, 5.41) is 24.0. The molecule has 0 atom stereocenters. The number of hydrogen-bond acceptors (Lipinski definition) is 9. The summed E-state index contributed by atoms with van der Waals surface area (Å²) in [5.74, 6) is 0. The number of hydrogen-bond donors (Lipinski definition) is 4. The maximum atomic E-state index is 8.52. The van der Waals surface area contributed by atoms with Gasteiger partial charge in [-0.2, -0.15) is 0 Å². The van der Waals surface area contributed by atoms with Crippen molar-refractivity contribution in [3.8, 4) is 0 Å². The van der Waals surface area contributed by atoms with Crippen molar-refractivity contribution in [3.63, 3.8) is 0 Å². The summed E-state index contributed by atoms with van der Waals surface area (Å²) < 4.78 is 8.52. The minimum absolute atomic E-state index is 0. The molecule has 0 unspecified atom stereocenters. The summed E-state index contributed by atoms with van der Waals surface area (Å²) in [7, 11) is -3.63. The van der Waals surface area contributed by atoms with E-state index in [1.54, 1.807) is 0 Å². The van der Waals surface area contributed by atoms with Crippen LogP contribution >= 0.6 is 0 Å². The second-order valence-electron chi connectivity index (χ2n) is 0.250. The van der Waals surface area contributed by atoms with Crippen molar-refractivity contribution in [2.75, 3.05) is 0 Å². The fourth-order valence-electron chi connectivity index (χ4n) is 0. The molecule has 0 rings (SSSR count). The fourth-order valence-corrected chi connectivity index (χ4v) is 0. The third-order valence-corrected chi connectivity index (χ3v) is 0. The van der Waals surface area contributed by atoms with Crippen LogP contribution in [0.3, 0.4) is 0 Å². The molecule has 0 aliphatic carbocycles. The van der Waals surface area contributed by atoms with E-state index in [4.69, 9.17) is 35.1 Å². The molecule has 0 aromatic carbocycles. The maximum Gasteiger partial charge on any atom is 1.00 e. The van der Waals surface area contributed by atoms with Crippen molar-refractivity contribution >= 4 is 9.17 Å². The van der Waals surface area contributed by atoms with E-state index >= 15 is 0 Å². The van der Waals surface area contributed by atoms with Crippen molar-refractivity contribution in [3.05, 3.63) is 0 Å². The first-order chi connectivity index (χ1) is 3.73. The zero-order chi connectivity index (χ0) is 7.58. The SMILES string of the molecule is O=[Si]([O-])[O-].OO.OO.[Na+].[Na+].[Na+].[Na+].[OH-].[OH-]. The predicted octanol–water partition coefficient (Wildman–Crippen LogP) is -15.2. The Bertz CT molecular complexity index is 39.8. The largest absolute Gasteiger partial charge is 1.00 e. The summed E-state index contributed by atoms with van der Waals surface area (Å²) in [6, 6.07) is 0. The van der Waals surface area contributed by atoms with E-state index in [0.717, 1.165) is 0 Å². The Morgan fingerprint density at radius 2 is 0.714 bits per heavy atom. The van der Waals surface area contributed by atoms with Gasteiger partial charge in [0.15, 0.2) is 0 Å².